The van der Waals surface area contributed by atoms with Gasteiger partial charge in [-0.1, -0.05) is 6.92 Å². The first-order valence-corrected chi connectivity index (χ1v) is 4.07. The monoisotopic (exact) mass is 166 g/mol. The Labute approximate surface area is 72.2 Å². The van der Waals surface area contributed by atoms with Crippen LogP contribution in [0.1, 0.15) is 23.7 Å². The Morgan fingerprint density at radius 2 is 2.25 bits per heavy atom. The number of nitrogens with two attached hydrogens (primary N) is 1. The van der Waals surface area contributed by atoms with Crippen molar-refractivity contribution in [3.63, 3.8) is 0 Å². The number of hydrogen-bond acceptors (Lipinski definition) is 3. The largest absolute Gasteiger partial charge is 0.493 e. The average Bonchev–Trinajstić information content (AvgIpc) is 2.03. The lowest BCUT2D eigenvalue weighted by Gasteiger charge is -2.07. The molecule has 0 aliphatic heterocycles. The van der Waals surface area contributed by atoms with Crippen molar-refractivity contribution < 1.29 is 5.11 Å². The van der Waals surface area contributed by atoms with E-state index in [4.69, 9.17) is 5.73 Å². The molecule has 0 aliphatic rings. The standard InChI is InChI=1S/C9H14N2O/c1-3-7-4-6(2)11-9(12)8(7)5-10/h4H,3,5,10H2,1-2H3,(H,11,12). The van der Waals surface area contributed by atoms with Gasteiger partial charge >= 0.3 is 0 Å². The van der Waals surface area contributed by atoms with E-state index in [1.54, 1.807) is 0 Å². The zero-order valence-electron chi connectivity index (χ0n) is 7.46. The van der Waals surface area contributed by atoms with E-state index in [1.807, 2.05) is 19.9 Å². The van der Waals surface area contributed by atoms with E-state index < -0.39 is 0 Å². The molecule has 1 aromatic rings. The van der Waals surface area contributed by atoms with Crippen molar-refractivity contribution in [2.75, 3.05) is 0 Å². The Morgan fingerprint density at radius 1 is 1.58 bits per heavy atom. The molecule has 0 saturated heterocycles. The lowest BCUT2D eigenvalue weighted by Crippen LogP contribution is -2.03. The zero-order valence-corrected chi connectivity index (χ0v) is 7.46. The van der Waals surface area contributed by atoms with Gasteiger partial charge in [0.1, 0.15) is 0 Å². The van der Waals surface area contributed by atoms with E-state index in [9.17, 15) is 5.11 Å². The van der Waals surface area contributed by atoms with Crippen LogP contribution in [0.25, 0.3) is 0 Å². The molecule has 0 aliphatic carbocycles. The third-order valence-electron chi connectivity index (χ3n) is 1.91. The van der Waals surface area contributed by atoms with Gasteiger partial charge in [0.05, 0.1) is 0 Å². The van der Waals surface area contributed by atoms with Gasteiger partial charge in [0.25, 0.3) is 0 Å². The fourth-order valence-corrected chi connectivity index (χ4v) is 1.29. The average molecular weight is 166 g/mol. The van der Waals surface area contributed by atoms with Gasteiger partial charge < -0.3 is 10.8 Å². The molecule has 0 radical (unpaired) electrons. The molecule has 3 heteroatoms. The third kappa shape index (κ3) is 1.56. The molecule has 0 fully saturated rings. The van der Waals surface area contributed by atoms with Crippen molar-refractivity contribution in [2.45, 2.75) is 26.8 Å². The van der Waals surface area contributed by atoms with Crippen LogP contribution >= 0.6 is 0 Å². The first-order valence-electron chi connectivity index (χ1n) is 4.07. The minimum absolute atomic E-state index is 0.0781. The summed E-state index contributed by atoms with van der Waals surface area (Å²) < 4.78 is 0. The number of nitrogens with zero attached hydrogens (tertiary/aromatic N) is 1. The molecule has 0 aromatic carbocycles. The van der Waals surface area contributed by atoms with Crippen molar-refractivity contribution in [1.29, 1.82) is 0 Å². The minimum Gasteiger partial charge on any atom is -0.493 e. The van der Waals surface area contributed by atoms with Crippen molar-refractivity contribution in [3.8, 4) is 5.88 Å². The summed E-state index contributed by atoms with van der Waals surface area (Å²) in [6.07, 6.45) is 0.878. The summed E-state index contributed by atoms with van der Waals surface area (Å²) in [4.78, 5) is 3.93. The molecule has 1 heterocycles. The van der Waals surface area contributed by atoms with Gasteiger partial charge in [-0.05, 0) is 25.0 Å². The second kappa shape index (κ2) is 3.54. The lowest BCUT2D eigenvalue weighted by molar-refractivity contribution is 0.443. The van der Waals surface area contributed by atoms with Gasteiger partial charge in [-0.25, -0.2) is 4.98 Å². The lowest BCUT2D eigenvalue weighted by atomic mass is 10.1. The summed E-state index contributed by atoms with van der Waals surface area (Å²) in [5, 5.41) is 9.41. The second-order valence-electron chi connectivity index (χ2n) is 2.78. The van der Waals surface area contributed by atoms with Gasteiger partial charge in [-0.2, -0.15) is 0 Å². The fraction of sp³-hybridized carbons (Fsp3) is 0.444. The maximum absolute atomic E-state index is 9.41. The molecular weight excluding hydrogens is 152 g/mol. The van der Waals surface area contributed by atoms with Crippen molar-refractivity contribution in [3.05, 3.63) is 22.9 Å². The number of aromatic nitrogens is 1. The highest BCUT2D eigenvalue weighted by molar-refractivity contribution is 5.35. The maximum Gasteiger partial charge on any atom is 0.215 e. The molecule has 12 heavy (non-hydrogen) atoms. The first-order chi connectivity index (χ1) is 5.69. The third-order valence-corrected chi connectivity index (χ3v) is 1.91. The molecule has 0 amide bonds. The smallest absolute Gasteiger partial charge is 0.215 e. The first kappa shape index (κ1) is 9.00. The summed E-state index contributed by atoms with van der Waals surface area (Å²) in [5.41, 5.74) is 8.16. The zero-order chi connectivity index (χ0) is 9.14. The highest BCUT2D eigenvalue weighted by Crippen LogP contribution is 2.19. The van der Waals surface area contributed by atoms with Crippen LogP contribution in [0.15, 0.2) is 6.07 Å². The Bertz CT molecular complexity index is 284. The molecule has 0 saturated carbocycles. The second-order valence-corrected chi connectivity index (χ2v) is 2.78. The van der Waals surface area contributed by atoms with E-state index in [1.165, 1.54) is 0 Å². The maximum atomic E-state index is 9.41. The normalized spacial score (nSPS) is 10.2. The quantitative estimate of drug-likeness (QED) is 0.692. The number of aromatic hydroxyl groups is 1. The summed E-state index contributed by atoms with van der Waals surface area (Å²) in [6.45, 7) is 4.24. The van der Waals surface area contributed by atoms with E-state index in [0.717, 1.165) is 23.2 Å². The molecule has 1 rings (SSSR count). The Morgan fingerprint density at radius 3 is 2.75 bits per heavy atom. The number of pyridine rings is 1. The van der Waals surface area contributed by atoms with E-state index in [-0.39, 0.29) is 5.88 Å². The summed E-state index contributed by atoms with van der Waals surface area (Å²) in [5.74, 6) is 0.0781. The SMILES string of the molecule is CCc1cc(C)nc(O)c1CN. The summed E-state index contributed by atoms with van der Waals surface area (Å²) in [6, 6.07) is 1.96. The Kier molecular flexibility index (Phi) is 2.65. The molecule has 3 nitrogen and oxygen atoms in total. The van der Waals surface area contributed by atoms with Crippen molar-refractivity contribution in [1.82, 2.24) is 4.98 Å². The van der Waals surface area contributed by atoms with Crippen molar-refractivity contribution in [2.24, 2.45) is 5.73 Å². The number of rotatable bonds is 2. The molecule has 66 valence electrons. The number of aryl methyl sites for hydroxylation is 2. The topological polar surface area (TPSA) is 59.1 Å². The minimum atomic E-state index is 0.0781. The Hall–Kier alpha value is -1.09. The predicted octanol–water partition coefficient (Wildman–Crippen LogP) is 1.12. The molecule has 0 unspecified atom stereocenters. The van der Waals surface area contributed by atoms with Crippen LogP contribution in [-0.2, 0) is 13.0 Å². The molecule has 0 spiro atoms. The molecular formula is C9H14N2O. The van der Waals surface area contributed by atoms with E-state index in [2.05, 4.69) is 4.98 Å². The van der Waals surface area contributed by atoms with Crippen LogP contribution < -0.4 is 5.73 Å². The summed E-state index contributed by atoms with van der Waals surface area (Å²) in [7, 11) is 0. The van der Waals surface area contributed by atoms with Gasteiger partial charge in [0.2, 0.25) is 5.88 Å². The van der Waals surface area contributed by atoms with Gasteiger partial charge in [-0.15, -0.1) is 0 Å². The number of hydrogen-bond donors (Lipinski definition) is 2. The summed E-state index contributed by atoms with van der Waals surface area (Å²) >= 11 is 0. The van der Waals surface area contributed by atoms with Gasteiger partial charge in [0.15, 0.2) is 0 Å². The van der Waals surface area contributed by atoms with Crippen LogP contribution in [0.2, 0.25) is 0 Å². The molecule has 3 N–H and O–H groups in total. The Balaban J connectivity index is 3.24. The van der Waals surface area contributed by atoms with Crippen LogP contribution in [-0.4, -0.2) is 10.1 Å². The van der Waals surface area contributed by atoms with E-state index >= 15 is 0 Å². The fourth-order valence-electron chi connectivity index (χ4n) is 1.29. The molecule has 0 atom stereocenters. The van der Waals surface area contributed by atoms with Crippen LogP contribution in [0.5, 0.6) is 5.88 Å². The van der Waals surface area contributed by atoms with Crippen molar-refractivity contribution >= 4 is 0 Å². The molecule has 1 aromatic heterocycles. The van der Waals surface area contributed by atoms with Crippen LogP contribution in [0.4, 0.5) is 0 Å². The highest BCUT2D eigenvalue weighted by atomic mass is 16.3. The van der Waals surface area contributed by atoms with Crippen LogP contribution in [0, 0.1) is 6.92 Å². The van der Waals surface area contributed by atoms with Gasteiger partial charge in [0, 0.05) is 17.8 Å². The predicted molar refractivity (Wildman–Crippen MR) is 47.9 cm³/mol. The van der Waals surface area contributed by atoms with Crippen LogP contribution in [0.3, 0.4) is 0 Å². The molecule has 0 bridgehead atoms. The van der Waals surface area contributed by atoms with Gasteiger partial charge in [-0.3, -0.25) is 0 Å². The highest BCUT2D eigenvalue weighted by Gasteiger charge is 2.06. The van der Waals surface area contributed by atoms with E-state index in [0.29, 0.717) is 6.54 Å².